The highest BCUT2D eigenvalue weighted by Gasteiger charge is 2.34. The summed E-state index contributed by atoms with van der Waals surface area (Å²) >= 11 is 13.9. The van der Waals surface area contributed by atoms with Crippen molar-refractivity contribution in [3.63, 3.8) is 0 Å². The van der Waals surface area contributed by atoms with Crippen molar-refractivity contribution in [1.29, 1.82) is 0 Å². The van der Waals surface area contributed by atoms with E-state index < -0.39 is 0 Å². The van der Waals surface area contributed by atoms with Crippen LogP contribution in [0.15, 0.2) is 46.2 Å². The molecule has 0 atom stereocenters. The van der Waals surface area contributed by atoms with Gasteiger partial charge in [-0.3, -0.25) is 9.59 Å². The first kappa shape index (κ1) is 24.9. The van der Waals surface area contributed by atoms with Gasteiger partial charge in [0.15, 0.2) is 11.6 Å². The fourth-order valence-corrected chi connectivity index (χ4v) is 6.74. The maximum Gasteiger partial charge on any atom is 0.195 e. The molecule has 0 aliphatic heterocycles. The Balaban J connectivity index is 2.02. The number of rotatable bonds is 6. The van der Waals surface area contributed by atoms with Gasteiger partial charge in [0, 0.05) is 58.2 Å². The van der Waals surface area contributed by atoms with Gasteiger partial charge in [-0.1, -0.05) is 72.2 Å². The molecule has 0 heterocycles. The minimum absolute atomic E-state index is 0.142. The van der Waals surface area contributed by atoms with Crippen LogP contribution in [0, 0.1) is 0 Å². The Kier molecular flexibility index (Phi) is 8.49. The highest BCUT2D eigenvalue weighted by Crippen LogP contribution is 2.38. The largest absolute Gasteiger partial charge is 0.358 e. The van der Waals surface area contributed by atoms with Crippen LogP contribution in [0.5, 0.6) is 0 Å². The van der Waals surface area contributed by atoms with Crippen LogP contribution < -0.4 is 0 Å². The molecule has 3 rings (SSSR count). The van der Waals surface area contributed by atoms with Gasteiger partial charge in [-0.25, -0.2) is 0 Å². The molecule has 4 nitrogen and oxygen atoms in total. The van der Waals surface area contributed by atoms with Crippen LogP contribution >= 0.6 is 48.0 Å². The Morgan fingerprint density at radius 2 is 1.03 bits per heavy atom. The van der Waals surface area contributed by atoms with E-state index in [0.29, 0.717) is 30.9 Å². The van der Waals surface area contributed by atoms with Gasteiger partial charge in [0.1, 0.15) is 8.64 Å². The summed E-state index contributed by atoms with van der Waals surface area (Å²) in [6.45, 7) is 11.3. The lowest BCUT2D eigenvalue weighted by Gasteiger charge is -2.25. The van der Waals surface area contributed by atoms with Crippen LogP contribution in [0.25, 0.3) is 0 Å². The zero-order valence-electron chi connectivity index (χ0n) is 18.6. The van der Waals surface area contributed by atoms with E-state index in [1.807, 2.05) is 52.0 Å². The SMILES string of the molecule is CCN(CC)C(=S)Sc1cccc2c1C(=O)c1cccc(SC(=S)N(CC)CC)c1C2=O. The van der Waals surface area contributed by atoms with E-state index in [2.05, 4.69) is 9.80 Å². The first-order valence-electron chi connectivity index (χ1n) is 10.7. The van der Waals surface area contributed by atoms with Crippen LogP contribution in [0.1, 0.15) is 59.5 Å². The second-order valence-corrected chi connectivity index (χ2v) is 10.4. The lowest BCUT2D eigenvalue weighted by atomic mass is 9.84. The van der Waals surface area contributed by atoms with E-state index in [1.165, 1.54) is 23.5 Å². The Morgan fingerprint density at radius 1 is 0.688 bits per heavy atom. The van der Waals surface area contributed by atoms with Gasteiger partial charge in [0.05, 0.1) is 0 Å². The molecule has 0 bridgehead atoms. The summed E-state index contributed by atoms with van der Waals surface area (Å²) < 4.78 is 1.40. The van der Waals surface area contributed by atoms with E-state index in [-0.39, 0.29) is 11.6 Å². The number of hydrogen-bond donors (Lipinski definition) is 0. The van der Waals surface area contributed by atoms with Crippen molar-refractivity contribution in [2.45, 2.75) is 37.5 Å². The summed E-state index contributed by atoms with van der Waals surface area (Å²) in [5.41, 5.74) is 1.74. The van der Waals surface area contributed by atoms with E-state index in [9.17, 15) is 9.59 Å². The molecule has 168 valence electrons. The molecule has 8 heteroatoms. The summed E-state index contributed by atoms with van der Waals surface area (Å²) in [4.78, 5) is 32.7. The maximum atomic E-state index is 13.6. The number of thiocarbonyl (C=S) groups is 2. The number of hydrogen-bond acceptors (Lipinski definition) is 6. The molecule has 1 aliphatic rings. The first-order valence-corrected chi connectivity index (χ1v) is 13.1. The standard InChI is InChI=1S/C24H26N2O2S4/c1-5-25(6-2)23(29)31-17-13-9-11-15-19(17)21(27)16-12-10-14-18(20(16)22(15)28)32-24(30)26(7-3)8-4/h9-14H,5-8H2,1-4H3. The molecule has 0 saturated heterocycles. The molecule has 32 heavy (non-hydrogen) atoms. The molecule has 1 aliphatic carbocycles. The van der Waals surface area contributed by atoms with Crippen LogP contribution in [-0.4, -0.2) is 56.2 Å². The second kappa shape index (κ2) is 10.9. The highest BCUT2D eigenvalue weighted by molar-refractivity contribution is 8.23. The summed E-state index contributed by atoms with van der Waals surface area (Å²) in [5, 5.41) is 0. The molecule has 0 saturated carbocycles. The van der Waals surface area contributed by atoms with E-state index >= 15 is 0 Å². The summed E-state index contributed by atoms with van der Waals surface area (Å²) in [6.07, 6.45) is 0. The summed E-state index contributed by atoms with van der Waals surface area (Å²) in [7, 11) is 0. The van der Waals surface area contributed by atoms with Crippen molar-refractivity contribution < 1.29 is 9.59 Å². The molecular formula is C24H26N2O2S4. The molecule has 0 unspecified atom stereocenters. The number of carbonyl (C=O) groups is 2. The molecule has 2 aromatic rings. The monoisotopic (exact) mass is 502 g/mol. The van der Waals surface area contributed by atoms with E-state index in [1.54, 1.807) is 12.1 Å². The van der Waals surface area contributed by atoms with Crippen LogP contribution in [0.3, 0.4) is 0 Å². The number of carbonyl (C=O) groups excluding carboxylic acids is 2. The van der Waals surface area contributed by atoms with Crippen molar-refractivity contribution >= 4 is 68.2 Å². The van der Waals surface area contributed by atoms with E-state index in [4.69, 9.17) is 24.4 Å². The normalized spacial score (nSPS) is 12.2. The van der Waals surface area contributed by atoms with Crippen molar-refractivity contribution in [1.82, 2.24) is 9.80 Å². The Labute approximate surface area is 209 Å². The second-order valence-electron chi connectivity index (χ2n) is 7.10. The average Bonchev–Trinajstić information content (AvgIpc) is 2.79. The molecule has 0 spiro atoms. The third-order valence-electron chi connectivity index (χ3n) is 5.43. The lowest BCUT2D eigenvalue weighted by Crippen LogP contribution is -2.28. The lowest BCUT2D eigenvalue weighted by molar-refractivity contribution is 0.0974. The number of nitrogens with zero attached hydrogens (tertiary/aromatic N) is 2. The zero-order valence-corrected chi connectivity index (χ0v) is 21.9. The Bertz CT molecular complexity index is 990. The highest BCUT2D eigenvalue weighted by atomic mass is 32.2. The Morgan fingerprint density at radius 3 is 1.34 bits per heavy atom. The fraction of sp³-hybridized carbons (Fsp3) is 0.333. The molecule has 0 aromatic heterocycles. The van der Waals surface area contributed by atoms with Crippen molar-refractivity contribution in [2.75, 3.05) is 26.2 Å². The summed E-state index contributed by atoms with van der Waals surface area (Å²) in [5.74, 6) is -0.285. The zero-order chi connectivity index (χ0) is 23.4. The quantitative estimate of drug-likeness (QED) is 0.305. The van der Waals surface area contributed by atoms with Crippen molar-refractivity contribution in [3.8, 4) is 0 Å². The molecule has 0 radical (unpaired) electrons. The third-order valence-corrected chi connectivity index (χ3v) is 8.44. The van der Waals surface area contributed by atoms with Crippen LogP contribution in [0.4, 0.5) is 0 Å². The third kappa shape index (κ3) is 4.78. The maximum absolute atomic E-state index is 13.6. The van der Waals surface area contributed by atoms with Gasteiger partial charge < -0.3 is 9.80 Å². The van der Waals surface area contributed by atoms with Crippen molar-refractivity contribution in [3.05, 3.63) is 58.7 Å². The summed E-state index contributed by atoms with van der Waals surface area (Å²) in [6, 6.07) is 10.8. The molecule has 0 fully saturated rings. The molecule has 2 aromatic carbocycles. The van der Waals surface area contributed by atoms with Gasteiger partial charge in [0.2, 0.25) is 0 Å². The van der Waals surface area contributed by atoms with E-state index in [0.717, 1.165) is 36.0 Å². The number of thioether (sulfide) groups is 2. The van der Waals surface area contributed by atoms with Crippen LogP contribution in [-0.2, 0) is 0 Å². The van der Waals surface area contributed by atoms with Gasteiger partial charge >= 0.3 is 0 Å². The van der Waals surface area contributed by atoms with Gasteiger partial charge in [-0.05, 0) is 39.8 Å². The fourth-order valence-electron chi connectivity index (χ4n) is 3.63. The van der Waals surface area contributed by atoms with Gasteiger partial charge in [0.25, 0.3) is 0 Å². The number of benzene rings is 2. The molecule has 0 N–H and O–H groups in total. The Hall–Kier alpha value is -1.74. The molecular weight excluding hydrogens is 477 g/mol. The predicted octanol–water partition coefficient (Wildman–Crippen LogP) is 5.90. The van der Waals surface area contributed by atoms with Crippen molar-refractivity contribution in [2.24, 2.45) is 0 Å². The predicted molar refractivity (Wildman–Crippen MR) is 143 cm³/mol. The average molecular weight is 503 g/mol. The van der Waals surface area contributed by atoms with Crippen LogP contribution in [0.2, 0.25) is 0 Å². The minimum Gasteiger partial charge on any atom is -0.358 e. The number of ketones is 2. The number of fused-ring (bicyclic) bond motifs is 2. The first-order chi connectivity index (χ1) is 15.4. The molecule has 0 amide bonds. The van der Waals surface area contributed by atoms with Gasteiger partial charge in [-0.2, -0.15) is 0 Å². The topological polar surface area (TPSA) is 40.6 Å². The minimum atomic E-state index is -0.142. The van der Waals surface area contributed by atoms with Gasteiger partial charge in [-0.15, -0.1) is 0 Å². The smallest absolute Gasteiger partial charge is 0.195 e.